The summed E-state index contributed by atoms with van der Waals surface area (Å²) in [7, 11) is 0. The Hall–Kier alpha value is -0.550. The lowest BCUT2D eigenvalue weighted by molar-refractivity contribution is -0.171. The topological polar surface area (TPSA) is 15.3 Å². The first kappa shape index (κ1) is 10.5. The van der Waals surface area contributed by atoms with Gasteiger partial charge in [-0.1, -0.05) is 6.08 Å². The Bertz CT molecular complexity index is 173. The number of nitrogens with zero attached hydrogens (tertiary/aromatic N) is 1. The zero-order valence-corrected chi connectivity index (χ0v) is 7.27. The first-order valence-electron chi connectivity index (χ1n) is 4.19. The van der Waals surface area contributed by atoms with Crippen molar-refractivity contribution in [1.82, 2.24) is 10.2 Å². The fraction of sp³-hybridized carbons (Fsp3) is 0.750. The predicted molar refractivity (Wildman–Crippen MR) is 44.5 cm³/mol. The Labute approximate surface area is 75.4 Å². The van der Waals surface area contributed by atoms with Crippen molar-refractivity contribution in [3.63, 3.8) is 0 Å². The number of nitrogens with one attached hydrogen (secondary N) is 1. The van der Waals surface area contributed by atoms with E-state index in [-0.39, 0.29) is 0 Å². The van der Waals surface area contributed by atoms with Crippen molar-refractivity contribution in [2.45, 2.75) is 12.2 Å². The highest BCUT2D eigenvalue weighted by Crippen LogP contribution is 2.25. The van der Waals surface area contributed by atoms with E-state index in [1.807, 2.05) is 0 Å². The van der Waals surface area contributed by atoms with E-state index in [2.05, 4.69) is 11.9 Å². The molecule has 2 nitrogen and oxygen atoms in total. The summed E-state index contributed by atoms with van der Waals surface area (Å²) in [6.45, 7) is 5.30. The maximum Gasteiger partial charge on any atom is 0.407 e. The Morgan fingerprint density at radius 2 is 1.85 bits per heavy atom. The van der Waals surface area contributed by atoms with Crippen LogP contribution < -0.4 is 5.32 Å². The molecule has 1 N–H and O–H groups in total. The van der Waals surface area contributed by atoms with Crippen LogP contribution in [0, 0.1) is 0 Å². The number of alkyl halides is 3. The van der Waals surface area contributed by atoms with Gasteiger partial charge in [-0.3, -0.25) is 4.90 Å². The lowest BCUT2D eigenvalue weighted by Gasteiger charge is -2.34. The minimum Gasteiger partial charge on any atom is -0.314 e. The molecule has 0 aromatic heterocycles. The molecule has 1 aliphatic heterocycles. The first-order chi connectivity index (χ1) is 6.05. The molecule has 0 amide bonds. The van der Waals surface area contributed by atoms with Crippen molar-refractivity contribution >= 4 is 0 Å². The molecule has 1 fully saturated rings. The van der Waals surface area contributed by atoms with Gasteiger partial charge in [0.15, 0.2) is 0 Å². The van der Waals surface area contributed by atoms with Crippen LogP contribution in [0.25, 0.3) is 0 Å². The van der Waals surface area contributed by atoms with Crippen molar-refractivity contribution in [2.24, 2.45) is 0 Å². The van der Waals surface area contributed by atoms with Gasteiger partial charge in [-0.25, -0.2) is 0 Å². The summed E-state index contributed by atoms with van der Waals surface area (Å²) in [5, 5.41) is 3.00. The van der Waals surface area contributed by atoms with Crippen molar-refractivity contribution in [2.75, 3.05) is 26.2 Å². The quantitative estimate of drug-likeness (QED) is 0.660. The highest BCUT2D eigenvalue weighted by molar-refractivity contribution is 4.94. The number of hydrogen-bond acceptors (Lipinski definition) is 2. The average molecular weight is 194 g/mol. The van der Waals surface area contributed by atoms with Gasteiger partial charge in [0.1, 0.15) is 6.04 Å². The predicted octanol–water partition coefficient (Wildman–Crippen LogP) is 1.01. The summed E-state index contributed by atoms with van der Waals surface area (Å²) in [5.74, 6) is 0. The van der Waals surface area contributed by atoms with Gasteiger partial charge in [-0.2, -0.15) is 13.2 Å². The van der Waals surface area contributed by atoms with Gasteiger partial charge in [0.25, 0.3) is 0 Å². The third-order valence-electron chi connectivity index (χ3n) is 2.10. The molecule has 5 heteroatoms. The van der Waals surface area contributed by atoms with Crippen LogP contribution in [0.15, 0.2) is 12.7 Å². The fourth-order valence-corrected chi connectivity index (χ4v) is 1.45. The summed E-state index contributed by atoms with van der Waals surface area (Å²) in [5.41, 5.74) is 0. The number of hydrogen-bond donors (Lipinski definition) is 1. The Morgan fingerprint density at radius 1 is 1.31 bits per heavy atom. The van der Waals surface area contributed by atoms with Crippen LogP contribution in [-0.4, -0.2) is 43.3 Å². The molecule has 1 heterocycles. The van der Waals surface area contributed by atoms with E-state index in [1.54, 1.807) is 0 Å². The van der Waals surface area contributed by atoms with Crippen LogP contribution in [0.5, 0.6) is 0 Å². The molecule has 0 aliphatic carbocycles. The van der Waals surface area contributed by atoms with Crippen molar-refractivity contribution < 1.29 is 13.2 Å². The van der Waals surface area contributed by atoms with E-state index in [1.165, 1.54) is 4.90 Å². The second-order valence-corrected chi connectivity index (χ2v) is 3.01. The molecule has 0 radical (unpaired) electrons. The lowest BCUT2D eigenvalue weighted by atomic mass is 10.2. The third kappa shape index (κ3) is 2.70. The molecule has 76 valence electrons. The summed E-state index contributed by atoms with van der Waals surface area (Å²) in [6, 6.07) is -1.49. The smallest absolute Gasteiger partial charge is 0.314 e. The van der Waals surface area contributed by atoms with Gasteiger partial charge >= 0.3 is 6.18 Å². The van der Waals surface area contributed by atoms with Crippen LogP contribution in [0.3, 0.4) is 0 Å². The molecule has 0 spiro atoms. The van der Waals surface area contributed by atoms with Crippen molar-refractivity contribution in [3.05, 3.63) is 12.7 Å². The Kier molecular flexibility index (Phi) is 3.33. The van der Waals surface area contributed by atoms with E-state index in [9.17, 15) is 13.2 Å². The molecule has 1 aliphatic rings. The molecule has 0 saturated carbocycles. The van der Waals surface area contributed by atoms with E-state index in [0.717, 1.165) is 6.08 Å². The van der Waals surface area contributed by atoms with Gasteiger partial charge in [-0.05, 0) is 0 Å². The second kappa shape index (κ2) is 4.11. The summed E-state index contributed by atoms with van der Waals surface area (Å²) in [4.78, 5) is 1.39. The molecule has 1 atom stereocenters. The Balaban J connectivity index is 2.59. The minimum absolute atomic E-state index is 0.427. The molecule has 0 aromatic carbocycles. The molecule has 0 unspecified atom stereocenters. The summed E-state index contributed by atoms with van der Waals surface area (Å²) < 4.78 is 37.1. The van der Waals surface area contributed by atoms with Crippen molar-refractivity contribution in [3.8, 4) is 0 Å². The zero-order chi connectivity index (χ0) is 9.90. The molecule has 1 saturated heterocycles. The molecule has 13 heavy (non-hydrogen) atoms. The normalized spacial score (nSPS) is 22.7. The van der Waals surface area contributed by atoms with Gasteiger partial charge in [-0.15, -0.1) is 6.58 Å². The zero-order valence-electron chi connectivity index (χ0n) is 7.27. The number of halogens is 3. The molecular formula is C8H13F3N2. The third-order valence-corrected chi connectivity index (χ3v) is 2.10. The first-order valence-corrected chi connectivity index (χ1v) is 4.19. The molecule has 0 bridgehead atoms. The SMILES string of the molecule is C=C[C@@H](N1CCNCC1)C(F)(F)F. The monoisotopic (exact) mass is 194 g/mol. The van der Waals surface area contributed by atoms with Crippen LogP contribution in [0.4, 0.5) is 13.2 Å². The molecule has 1 rings (SSSR count). The van der Waals surface area contributed by atoms with Gasteiger partial charge in [0, 0.05) is 26.2 Å². The summed E-state index contributed by atoms with van der Waals surface area (Å²) >= 11 is 0. The molecule has 0 aromatic rings. The minimum atomic E-state index is -4.20. The average Bonchev–Trinajstić information content (AvgIpc) is 2.05. The van der Waals surface area contributed by atoms with Crippen LogP contribution in [0.2, 0.25) is 0 Å². The van der Waals surface area contributed by atoms with Gasteiger partial charge < -0.3 is 5.32 Å². The Morgan fingerprint density at radius 3 is 2.23 bits per heavy atom. The van der Waals surface area contributed by atoms with E-state index < -0.39 is 12.2 Å². The molecular weight excluding hydrogens is 181 g/mol. The second-order valence-electron chi connectivity index (χ2n) is 3.01. The van der Waals surface area contributed by atoms with E-state index in [4.69, 9.17) is 0 Å². The highest BCUT2D eigenvalue weighted by Gasteiger charge is 2.41. The lowest BCUT2D eigenvalue weighted by Crippen LogP contribution is -2.52. The van der Waals surface area contributed by atoms with Gasteiger partial charge in [0.2, 0.25) is 0 Å². The number of rotatable bonds is 2. The number of piperazine rings is 1. The van der Waals surface area contributed by atoms with E-state index >= 15 is 0 Å². The van der Waals surface area contributed by atoms with Crippen LogP contribution in [0.1, 0.15) is 0 Å². The highest BCUT2D eigenvalue weighted by atomic mass is 19.4. The maximum atomic E-state index is 12.4. The summed E-state index contributed by atoms with van der Waals surface area (Å²) in [6.07, 6.45) is -3.23. The standard InChI is InChI=1S/C8H13F3N2/c1-2-7(8(9,10)11)13-5-3-12-4-6-13/h2,7,12H,1,3-6H2/t7-/m1/s1. The van der Waals surface area contributed by atoms with Gasteiger partial charge in [0.05, 0.1) is 0 Å². The van der Waals surface area contributed by atoms with E-state index in [0.29, 0.717) is 26.2 Å². The largest absolute Gasteiger partial charge is 0.407 e. The van der Waals surface area contributed by atoms with Crippen molar-refractivity contribution in [1.29, 1.82) is 0 Å². The van der Waals surface area contributed by atoms with Crippen LogP contribution in [-0.2, 0) is 0 Å². The fourth-order valence-electron chi connectivity index (χ4n) is 1.45. The maximum absolute atomic E-state index is 12.4. The van der Waals surface area contributed by atoms with Crippen LogP contribution >= 0.6 is 0 Å².